The van der Waals surface area contributed by atoms with Gasteiger partial charge in [0, 0.05) is 5.56 Å². The fraction of sp³-hybridized carbons (Fsp3) is 0.130. The van der Waals surface area contributed by atoms with Gasteiger partial charge in [-0.3, -0.25) is 0 Å². The van der Waals surface area contributed by atoms with Crippen molar-refractivity contribution in [1.82, 2.24) is 15.0 Å². The van der Waals surface area contributed by atoms with Crippen LogP contribution < -0.4 is 9.47 Å². The number of para-hydroxylation sites is 1. The minimum atomic E-state index is -3.83. The molecule has 0 aliphatic rings. The molecule has 4 rings (SSSR count). The van der Waals surface area contributed by atoms with Gasteiger partial charge in [0.2, 0.25) is 9.84 Å². The molecular formula is C23H21N3O5S. The molecule has 0 fully saturated rings. The van der Waals surface area contributed by atoms with Crippen molar-refractivity contribution in [3.05, 3.63) is 78.5 Å². The third kappa shape index (κ3) is 3.83. The molecule has 0 radical (unpaired) electrons. The molecule has 1 N–H and O–H groups in total. The zero-order valence-corrected chi connectivity index (χ0v) is 18.3. The minimum Gasteiger partial charge on any atom is -0.494 e. The highest BCUT2D eigenvalue weighted by Crippen LogP contribution is 2.34. The molecule has 0 saturated carbocycles. The Hall–Kier alpha value is -3.69. The third-order valence-corrected chi connectivity index (χ3v) is 6.82. The Bertz CT molecular complexity index is 1330. The summed E-state index contributed by atoms with van der Waals surface area (Å²) in [4.78, 5) is 0.233. The third-order valence-electron chi connectivity index (χ3n) is 4.99. The summed E-state index contributed by atoms with van der Waals surface area (Å²) in [6, 6.07) is 18.1. The van der Waals surface area contributed by atoms with E-state index in [1.54, 1.807) is 68.9 Å². The number of hydrogen-bond donors (Lipinski definition) is 1. The number of aliphatic hydroxyl groups is 1. The number of ether oxygens (including phenoxy) is 2. The lowest BCUT2D eigenvalue weighted by molar-refractivity contribution is 0.282. The van der Waals surface area contributed by atoms with Crippen LogP contribution in [0.4, 0.5) is 0 Å². The van der Waals surface area contributed by atoms with Gasteiger partial charge in [0.1, 0.15) is 17.2 Å². The van der Waals surface area contributed by atoms with Crippen LogP contribution in [0, 0.1) is 0 Å². The van der Waals surface area contributed by atoms with Crippen molar-refractivity contribution in [2.75, 3.05) is 14.2 Å². The van der Waals surface area contributed by atoms with E-state index in [0.717, 1.165) is 0 Å². The van der Waals surface area contributed by atoms with E-state index in [1.807, 2.05) is 0 Å². The van der Waals surface area contributed by atoms with Gasteiger partial charge in [-0.05, 0) is 35.9 Å². The standard InChI is InChI=1S/C23H21N3O5S/c1-30-20-7-5-8-21(31-2)23(20)26-14-19(24-25-26)18-6-3-4-9-22(18)32(28,29)17-12-10-16(15-27)11-13-17/h3-14,27H,15H2,1-2H3. The highest BCUT2D eigenvalue weighted by molar-refractivity contribution is 7.91. The molecule has 0 saturated heterocycles. The summed E-state index contributed by atoms with van der Waals surface area (Å²) in [5.41, 5.74) is 1.98. The van der Waals surface area contributed by atoms with Crippen LogP contribution in [0.2, 0.25) is 0 Å². The second kappa shape index (κ2) is 8.81. The number of sulfone groups is 1. The first-order valence-corrected chi connectivity index (χ1v) is 11.2. The Morgan fingerprint density at radius 2 is 1.56 bits per heavy atom. The molecule has 9 heteroatoms. The molecule has 1 heterocycles. The van der Waals surface area contributed by atoms with E-state index in [2.05, 4.69) is 10.3 Å². The van der Waals surface area contributed by atoms with Crippen LogP contribution in [0.15, 0.2) is 82.7 Å². The van der Waals surface area contributed by atoms with E-state index in [-0.39, 0.29) is 16.4 Å². The molecule has 0 amide bonds. The summed E-state index contributed by atoms with van der Waals surface area (Å²) in [5.74, 6) is 1.07. The van der Waals surface area contributed by atoms with Crippen LogP contribution in [0.5, 0.6) is 11.5 Å². The van der Waals surface area contributed by atoms with Crippen LogP contribution in [0.1, 0.15) is 5.56 Å². The quantitative estimate of drug-likeness (QED) is 0.460. The predicted molar refractivity (Wildman–Crippen MR) is 118 cm³/mol. The zero-order valence-electron chi connectivity index (χ0n) is 17.5. The summed E-state index contributed by atoms with van der Waals surface area (Å²) in [6.07, 6.45) is 1.63. The first-order chi connectivity index (χ1) is 15.5. The minimum absolute atomic E-state index is 0.107. The van der Waals surface area contributed by atoms with Crippen LogP contribution in [-0.4, -0.2) is 42.7 Å². The first-order valence-electron chi connectivity index (χ1n) is 9.67. The molecule has 164 valence electrons. The van der Waals surface area contributed by atoms with Crippen LogP contribution in [-0.2, 0) is 16.4 Å². The maximum atomic E-state index is 13.3. The topological polar surface area (TPSA) is 104 Å². The summed E-state index contributed by atoms with van der Waals surface area (Å²) in [6.45, 7) is -0.160. The van der Waals surface area contributed by atoms with Gasteiger partial charge in [-0.2, -0.15) is 0 Å². The highest BCUT2D eigenvalue weighted by Gasteiger charge is 2.24. The molecule has 0 spiro atoms. The van der Waals surface area contributed by atoms with Crippen molar-refractivity contribution in [1.29, 1.82) is 0 Å². The fourth-order valence-electron chi connectivity index (χ4n) is 3.37. The van der Waals surface area contributed by atoms with Gasteiger partial charge in [0.05, 0.1) is 36.8 Å². The van der Waals surface area contributed by atoms with Gasteiger partial charge < -0.3 is 14.6 Å². The van der Waals surface area contributed by atoms with Crippen molar-refractivity contribution in [3.63, 3.8) is 0 Å². The zero-order chi connectivity index (χ0) is 22.7. The number of aromatic nitrogens is 3. The Morgan fingerprint density at radius 3 is 2.19 bits per heavy atom. The maximum absolute atomic E-state index is 13.3. The SMILES string of the molecule is COc1cccc(OC)c1-n1cc(-c2ccccc2S(=O)(=O)c2ccc(CO)cc2)nn1. The number of nitrogens with zero attached hydrogens (tertiary/aromatic N) is 3. The van der Waals surface area contributed by atoms with E-state index < -0.39 is 9.84 Å². The summed E-state index contributed by atoms with van der Waals surface area (Å²) in [7, 11) is -0.748. The van der Waals surface area contributed by atoms with Crippen molar-refractivity contribution in [2.45, 2.75) is 16.4 Å². The lowest BCUT2D eigenvalue weighted by Gasteiger charge is -2.12. The average Bonchev–Trinajstić information content (AvgIpc) is 3.33. The van der Waals surface area contributed by atoms with Crippen molar-refractivity contribution in [2.24, 2.45) is 0 Å². The summed E-state index contributed by atoms with van der Waals surface area (Å²) >= 11 is 0. The predicted octanol–water partition coefficient (Wildman–Crippen LogP) is 3.28. The van der Waals surface area contributed by atoms with Crippen molar-refractivity contribution in [3.8, 4) is 28.4 Å². The summed E-state index contributed by atoms with van der Waals surface area (Å²) < 4.78 is 39.0. The lowest BCUT2D eigenvalue weighted by atomic mass is 10.2. The maximum Gasteiger partial charge on any atom is 0.207 e. The van der Waals surface area contributed by atoms with Crippen LogP contribution >= 0.6 is 0 Å². The number of methoxy groups -OCH3 is 2. The van der Waals surface area contributed by atoms with Crippen LogP contribution in [0.3, 0.4) is 0 Å². The molecule has 8 nitrogen and oxygen atoms in total. The van der Waals surface area contributed by atoms with Gasteiger partial charge >= 0.3 is 0 Å². The molecule has 0 unspecified atom stereocenters. The Balaban J connectivity index is 1.81. The molecule has 4 aromatic rings. The van der Waals surface area contributed by atoms with E-state index >= 15 is 0 Å². The second-order valence-electron chi connectivity index (χ2n) is 6.86. The van der Waals surface area contributed by atoms with Crippen molar-refractivity contribution < 1.29 is 23.0 Å². The van der Waals surface area contributed by atoms with Crippen LogP contribution in [0.25, 0.3) is 16.9 Å². The Labute approximate surface area is 185 Å². The summed E-state index contributed by atoms with van der Waals surface area (Å²) in [5, 5.41) is 17.6. The van der Waals surface area contributed by atoms with Gasteiger partial charge in [-0.1, -0.05) is 41.6 Å². The fourth-order valence-corrected chi connectivity index (χ4v) is 4.84. The highest BCUT2D eigenvalue weighted by atomic mass is 32.2. The molecule has 0 bridgehead atoms. The smallest absolute Gasteiger partial charge is 0.207 e. The van der Waals surface area contributed by atoms with E-state index in [0.29, 0.717) is 34.0 Å². The van der Waals surface area contributed by atoms with E-state index in [1.165, 1.54) is 22.9 Å². The molecular weight excluding hydrogens is 430 g/mol. The molecule has 0 atom stereocenters. The van der Waals surface area contributed by atoms with E-state index in [4.69, 9.17) is 9.47 Å². The van der Waals surface area contributed by atoms with Gasteiger partial charge in [-0.15, -0.1) is 5.10 Å². The molecule has 0 aliphatic heterocycles. The lowest BCUT2D eigenvalue weighted by Crippen LogP contribution is -2.04. The normalized spacial score (nSPS) is 11.3. The largest absolute Gasteiger partial charge is 0.494 e. The number of aliphatic hydroxyl groups excluding tert-OH is 1. The van der Waals surface area contributed by atoms with Gasteiger partial charge in [-0.25, -0.2) is 13.1 Å². The Kier molecular flexibility index (Phi) is 5.93. The van der Waals surface area contributed by atoms with E-state index in [9.17, 15) is 13.5 Å². The second-order valence-corrected chi connectivity index (χ2v) is 8.78. The monoisotopic (exact) mass is 451 g/mol. The first kappa shape index (κ1) is 21.5. The van der Waals surface area contributed by atoms with Crippen molar-refractivity contribution >= 4 is 9.84 Å². The van der Waals surface area contributed by atoms with Gasteiger partial charge in [0.25, 0.3) is 0 Å². The molecule has 0 aliphatic carbocycles. The molecule has 1 aromatic heterocycles. The molecule has 3 aromatic carbocycles. The van der Waals surface area contributed by atoms with Gasteiger partial charge in [0.15, 0.2) is 5.69 Å². The molecule has 32 heavy (non-hydrogen) atoms. The number of rotatable bonds is 7. The number of benzene rings is 3. The number of hydrogen-bond acceptors (Lipinski definition) is 7. The Morgan fingerprint density at radius 1 is 0.906 bits per heavy atom. The average molecular weight is 452 g/mol.